The summed E-state index contributed by atoms with van der Waals surface area (Å²) in [5.41, 5.74) is 0.450. The number of hydrogen-bond donors (Lipinski definition) is 1. The van der Waals surface area contributed by atoms with Crippen molar-refractivity contribution in [3.8, 4) is 11.6 Å². The second kappa shape index (κ2) is 12.5. The molecule has 11 heteroatoms. The van der Waals surface area contributed by atoms with Gasteiger partial charge in [-0.15, -0.1) is 10.2 Å². The zero-order valence-electron chi connectivity index (χ0n) is 27.4. The summed E-state index contributed by atoms with van der Waals surface area (Å²) in [6.07, 6.45) is 9.29. The number of hydrogen-bond acceptors (Lipinski definition) is 8. The number of piperidine rings is 1. The van der Waals surface area contributed by atoms with E-state index in [9.17, 15) is 14.0 Å². The largest absolute Gasteiger partial charge is 0.434 e. The fourth-order valence-electron chi connectivity index (χ4n) is 8.27. The van der Waals surface area contributed by atoms with E-state index in [1.807, 2.05) is 27.7 Å². The predicted octanol–water partition coefficient (Wildman–Crippen LogP) is 5.05. The molecule has 1 atom stereocenters. The first-order chi connectivity index (χ1) is 21.5. The lowest BCUT2D eigenvalue weighted by Crippen LogP contribution is -2.61. The fourth-order valence-corrected chi connectivity index (χ4v) is 8.27. The van der Waals surface area contributed by atoms with Crippen LogP contribution in [0.3, 0.4) is 0 Å². The maximum atomic E-state index is 14.3. The molecule has 4 fully saturated rings. The van der Waals surface area contributed by atoms with E-state index in [0.717, 1.165) is 64.8 Å². The number of nitrogens with one attached hydrogen (secondary N) is 1. The van der Waals surface area contributed by atoms with Crippen LogP contribution in [0.25, 0.3) is 0 Å². The Kier molecular flexibility index (Phi) is 8.76. The minimum absolute atomic E-state index is 0.0586. The van der Waals surface area contributed by atoms with Gasteiger partial charge in [-0.1, -0.05) is 6.92 Å². The molecule has 2 spiro atoms. The molecule has 0 unspecified atom stereocenters. The number of aromatic nitrogens is 3. The van der Waals surface area contributed by atoms with Crippen molar-refractivity contribution in [3.05, 3.63) is 35.9 Å². The first kappa shape index (κ1) is 31.6. The van der Waals surface area contributed by atoms with E-state index in [0.29, 0.717) is 11.7 Å². The van der Waals surface area contributed by atoms with Crippen LogP contribution in [0.5, 0.6) is 11.6 Å². The summed E-state index contributed by atoms with van der Waals surface area (Å²) in [5, 5.41) is 11.5. The zero-order chi connectivity index (χ0) is 31.9. The highest BCUT2D eigenvalue weighted by Crippen LogP contribution is 2.45. The molecule has 45 heavy (non-hydrogen) atoms. The van der Waals surface area contributed by atoms with Crippen molar-refractivity contribution in [3.63, 3.8) is 0 Å². The number of halogens is 1. The highest BCUT2D eigenvalue weighted by molar-refractivity contribution is 5.97. The maximum absolute atomic E-state index is 14.3. The van der Waals surface area contributed by atoms with Gasteiger partial charge >= 0.3 is 0 Å². The molecule has 244 valence electrons. The number of amides is 2. The highest BCUT2D eigenvalue weighted by Gasteiger charge is 2.48. The number of carbonyl (C=O) groups is 2. The smallest absolute Gasteiger partial charge is 0.282 e. The molecular formula is C34H48FN7O3. The Hall–Kier alpha value is -3.34. The lowest BCUT2D eigenvalue weighted by molar-refractivity contribution is -0.122. The van der Waals surface area contributed by atoms with Crippen LogP contribution in [0.2, 0.25) is 0 Å². The van der Waals surface area contributed by atoms with Gasteiger partial charge in [0.05, 0.1) is 5.56 Å². The van der Waals surface area contributed by atoms with Crippen LogP contribution < -0.4 is 15.0 Å². The van der Waals surface area contributed by atoms with Gasteiger partial charge in [-0.3, -0.25) is 9.59 Å². The van der Waals surface area contributed by atoms with Gasteiger partial charge in [-0.25, -0.2) is 9.37 Å². The standard InChI is InChI=1S/C34H48FN7O3/c1-22(2)42(23(3)4)32(44)27-16-26(35)6-7-28(27)45-31-29(36-21-37-39-31)41-19-33(20-41)12-14-40(15-13-33)18-25-8-10-34(11-9-25)17-24(5)30(43)38-34/h6-7,16,21-25H,8-15,17-20H2,1-5H3,(H,38,43)/t24-,25?,34?/m1/s1. The molecule has 4 aliphatic rings. The van der Waals surface area contributed by atoms with E-state index in [4.69, 9.17) is 4.74 Å². The van der Waals surface area contributed by atoms with Crippen LogP contribution in [0.15, 0.2) is 24.5 Å². The van der Waals surface area contributed by atoms with E-state index in [-0.39, 0.29) is 58.0 Å². The van der Waals surface area contributed by atoms with Crippen molar-refractivity contribution < 1.29 is 18.7 Å². The van der Waals surface area contributed by atoms with Crippen LogP contribution in [0.4, 0.5) is 10.2 Å². The molecular weight excluding hydrogens is 573 g/mol. The van der Waals surface area contributed by atoms with Gasteiger partial charge in [-0.05, 0) is 110 Å². The summed E-state index contributed by atoms with van der Waals surface area (Å²) in [4.78, 5) is 36.7. The van der Waals surface area contributed by atoms with Crippen LogP contribution in [0.1, 0.15) is 89.9 Å². The topological polar surface area (TPSA) is 104 Å². The summed E-state index contributed by atoms with van der Waals surface area (Å²) < 4.78 is 20.5. The third-order valence-electron chi connectivity index (χ3n) is 10.7. The minimum Gasteiger partial charge on any atom is -0.434 e. The molecule has 0 bridgehead atoms. The van der Waals surface area contributed by atoms with Crippen molar-refractivity contribution in [1.29, 1.82) is 0 Å². The summed E-state index contributed by atoms with van der Waals surface area (Å²) in [6, 6.07) is 3.86. The maximum Gasteiger partial charge on any atom is 0.282 e. The molecule has 2 amide bonds. The number of nitrogens with zero attached hydrogens (tertiary/aromatic N) is 6. The Morgan fingerprint density at radius 2 is 1.80 bits per heavy atom. The third kappa shape index (κ3) is 6.50. The number of carbonyl (C=O) groups excluding carboxylic acids is 2. The quantitative estimate of drug-likeness (QED) is 0.437. The number of anilines is 1. The first-order valence-corrected chi connectivity index (χ1v) is 16.7. The fraction of sp³-hybridized carbons (Fsp3) is 0.676. The molecule has 1 N–H and O–H groups in total. The normalized spacial score (nSPS) is 26.4. The predicted molar refractivity (Wildman–Crippen MR) is 170 cm³/mol. The lowest BCUT2D eigenvalue weighted by Gasteiger charge is -2.54. The average molecular weight is 622 g/mol. The van der Waals surface area contributed by atoms with E-state index in [1.165, 1.54) is 37.4 Å². The number of benzene rings is 1. The van der Waals surface area contributed by atoms with Gasteiger partial charge in [-0.2, -0.15) is 0 Å². The number of ether oxygens (including phenoxy) is 1. The molecule has 0 radical (unpaired) electrons. The van der Waals surface area contributed by atoms with Crippen molar-refractivity contribution >= 4 is 17.6 Å². The van der Waals surface area contributed by atoms with Crippen molar-refractivity contribution in [2.75, 3.05) is 37.6 Å². The van der Waals surface area contributed by atoms with Crippen LogP contribution >= 0.6 is 0 Å². The summed E-state index contributed by atoms with van der Waals surface area (Å²) in [6.45, 7) is 14.9. The van der Waals surface area contributed by atoms with Crippen molar-refractivity contribution in [2.24, 2.45) is 17.3 Å². The van der Waals surface area contributed by atoms with Gasteiger partial charge in [0.15, 0.2) is 5.82 Å². The molecule has 1 aliphatic carbocycles. The monoisotopic (exact) mass is 621 g/mol. The number of rotatable bonds is 8. The molecule has 6 rings (SSSR count). The minimum atomic E-state index is -0.504. The van der Waals surface area contributed by atoms with Gasteiger partial charge in [0.1, 0.15) is 17.9 Å². The SMILES string of the molecule is CC(C)N(C(=O)c1cc(F)ccc1Oc1nncnc1N1CC2(CCN(CC3CCC4(CC3)C[C@@H](C)C(=O)N4)CC2)C1)C(C)C. The van der Waals surface area contributed by atoms with E-state index < -0.39 is 5.82 Å². The van der Waals surface area contributed by atoms with Crippen LogP contribution in [-0.4, -0.2) is 87.1 Å². The average Bonchev–Trinajstić information content (AvgIpc) is 3.26. The summed E-state index contributed by atoms with van der Waals surface area (Å²) in [7, 11) is 0. The Morgan fingerprint density at radius 1 is 1.11 bits per heavy atom. The van der Waals surface area contributed by atoms with Crippen molar-refractivity contribution in [2.45, 2.75) is 97.2 Å². The third-order valence-corrected chi connectivity index (χ3v) is 10.7. The lowest BCUT2D eigenvalue weighted by atomic mass is 9.71. The van der Waals surface area contributed by atoms with E-state index >= 15 is 0 Å². The Labute approximate surface area is 266 Å². The molecule has 2 aromatic rings. The molecule has 1 aromatic carbocycles. The van der Waals surface area contributed by atoms with Gasteiger partial charge in [0, 0.05) is 48.6 Å². The molecule has 10 nitrogen and oxygen atoms in total. The summed E-state index contributed by atoms with van der Waals surface area (Å²) >= 11 is 0. The molecule has 1 saturated carbocycles. The highest BCUT2D eigenvalue weighted by atomic mass is 19.1. The molecule has 4 heterocycles. The second-order valence-corrected chi connectivity index (χ2v) is 14.7. The first-order valence-electron chi connectivity index (χ1n) is 16.7. The van der Waals surface area contributed by atoms with E-state index in [1.54, 1.807) is 4.90 Å². The Balaban J connectivity index is 1.05. The Morgan fingerprint density at radius 3 is 2.42 bits per heavy atom. The van der Waals surface area contributed by atoms with Gasteiger partial charge in [0.25, 0.3) is 11.8 Å². The van der Waals surface area contributed by atoms with Gasteiger partial charge in [0.2, 0.25) is 5.91 Å². The van der Waals surface area contributed by atoms with E-state index in [2.05, 4.69) is 37.2 Å². The summed E-state index contributed by atoms with van der Waals surface area (Å²) in [5.74, 6) is 1.33. The van der Waals surface area contributed by atoms with Crippen LogP contribution in [-0.2, 0) is 4.79 Å². The Bertz CT molecular complexity index is 1390. The second-order valence-electron chi connectivity index (χ2n) is 14.7. The van der Waals surface area contributed by atoms with Gasteiger partial charge < -0.3 is 24.8 Å². The number of likely N-dealkylation sites (tertiary alicyclic amines) is 1. The zero-order valence-corrected chi connectivity index (χ0v) is 27.4. The van der Waals surface area contributed by atoms with Crippen LogP contribution in [0, 0.1) is 23.1 Å². The molecule has 3 aliphatic heterocycles. The molecule has 1 aromatic heterocycles. The van der Waals surface area contributed by atoms with Crippen molar-refractivity contribution in [1.82, 2.24) is 30.3 Å². The molecule has 3 saturated heterocycles.